The number of rotatable bonds is 7. The van der Waals surface area contributed by atoms with Gasteiger partial charge in [-0.15, -0.1) is 11.8 Å². The van der Waals surface area contributed by atoms with Crippen LogP contribution in [-0.2, 0) is 4.79 Å². The van der Waals surface area contributed by atoms with Gasteiger partial charge in [-0.2, -0.15) is 5.10 Å². The van der Waals surface area contributed by atoms with Crippen molar-refractivity contribution >= 4 is 39.8 Å². The predicted octanol–water partition coefficient (Wildman–Crippen LogP) is 5.80. The summed E-state index contributed by atoms with van der Waals surface area (Å²) in [5, 5.41) is 4.17. The Hall–Kier alpha value is -2.31. The van der Waals surface area contributed by atoms with Crippen LogP contribution in [0.5, 0.6) is 0 Å². The molecule has 29 heavy (non-hydrogen) atoms. The van der Waals surface area contributed by atoms with Crippen LogP contribution in [0, 0.1) is 20.8 Å². The van der Waals surface area contributed by atoms with Crippen LogP contribution in [0.3, 0.4) is 0 Å². The summed E-state index contributed by atoms with van der Waals surface area (Å²) in [6.45, 7) is 6.19. The van der Waals surface area contributed by atoms with Gasteiger partial charge >= 0.3 is 0 Å². The van der Waals surface area contributed by atoms with Crippen LogP contribution < -0.4 is 5.43 Å². The number of carbonyl (C=O) groups is 1. The smallest absolute Gasteiger partial charge is 0.240 e. The zero-order valence-corrected chi connectivity index (χ0v) is 19.2. The highest BCUT2D eigenvalue weighted by Crippen LogP contribution is 2.29. The highest BCUT2D eigenvalue weighted by molar-refractivity contribution is 9.10. The van der Waals surface area contributed by atoms with E-state index in [4.69, 9.17) is 0 Å². The van der Waals surface area contributed by atoms with Gasteiger partial charge in [0.1, 0.15) is 0 Å². The molecule has 1 heterocycles. The second-order valence-electron chi connectivity index (χ2n) is 6.77. The van der Waals surface area contributed by atoms with Crippen molar-refractivity contribution in [2.24, 2.45) is 5.10 Å². The number of aromatic nitrogens is 1. The van der Waals surface area contributed by atoms with Crippen LogP contribution in [0.15, 0.2) is 69.1 Å². The molecule has 0 atom stereocenters. The van der Waals surface area contributed by atoms with Crippen molar-refractivity contribution in [2.75, 3.05) is 5.75 Å². The number of hydrogen-bond donors (Lipinski definition) is 1. The number of benzene rings is 2. The van der Waals surface area contributed by atoms with Gasteiger partial charge in [0, 0.05) is 44.2 Å². The Morgan fingerprint density at radius 1 is 1.07 bits per heavy atom. The summed E-state index contributed by atoms with van der Waals surface area (Å²) in [4.78, 5) is 13.2. The van der Waals surface area contributed by atoms with Gasteiger partial charge in [-0.05, 0) is 61.0 Å². The first-order chi connectivity index (χ1) is 14.0. The largest absolute Gasteiger partial charge is 0.317 e. The van der Waals surface area contributed by atoms with E-state index in [1.54, 1.807) is 18.0 Å². The Bertz CT molecular complexity index is 1010. The first-order valence-corrected chi connectivity index (χ1v) is 11.2. The molecular formula is C23H24BrN3OS. The normalized spacial score (nSPS) is 11.2. The molecule has 0 spiro atoms. The van der Waals surface area contributed by atoms with Gasteiger partial charge in [0.25, 0.3) is 0 Å². The summed E-state index contributed by atoms with van der Waals surface area (Å²) >= 11 is 5.33. The molecule has 0 fully saturated rings. The van der Waals surface area contributed by atoms with Gasteiger partial charge in [0.2, 0.25) is 5.91 Å². The van der Waals surface area contributed by atoms with Crippen molar-refractivity contribution in [2.45, 2.75) is 32.1 Å². The molecule has 3 rings (SSSR count). The minimum absolute atomic E-state index is 0.0897. The van der Waals surface area contributed by atoms with Gasteiger partial charge in [-0.1, -0.05) is 35.9 Å². The van der Waals surface area contributed by atoms with Crippen LogP contribution >= 0.6 is 27.7 Å². The Balaban J connectivity index is 1.62. The average molecular weight is 470 g/mol. The second-order valence-corrected chi connectivity index (χ2v) is 8.74. The molecule has 3 aromatic rings. The summed E-state index contributed by atoms with van der Waals surface area (Å²) in [7, 11) is 0. The molecule has 4 nitrogen and oxygen atoms in total. The molecule has 0 aliphatic heterocycles. The van der Waals surface area contributed by atoms with Gasteiger partial charge in [0.15, 0.2) is 0 Å². The number of hydrazone groups is 1. The Morgan fingerprint density at radius 2 is 1.76 bits per heavy atom. The molecule has 0 radical (unpaired) electrons. The topological polar surface area (TPSA) is 46.4 Å². The highest BCUT2D eigenvalue weighted by atomic mass is 79.9. The maximum absolute atomic E-state index is 12.1. The molecule has 0 aliphatic carbocycles. The maximum Gasteiger partial charge on any atom is 0.240 e. The number of carbonyl (C=O) groups excluding carboxylic acids is 1. The van der Waals surface area contributed by atoms with Crippen molar-refractivity contribution in [3.05, 3.63) is 81.6 Å². The standard InChI is InChI=1S/C23H24BrN3OS/c1-16-9-11-19(12-10-16)27-17(2)21(23(24)18(27)3)15-25-26-22(28)13-14-29-20-7-5-4-6-8-20/h4-12,15H,13-14H2,1-3H3,(H,26,28)/b25-15-. The number of nitrogens with zero attached hydrogens (tertiary/aromatic N) is 2. The Morgan fingerprint density at radius 3 is 2.45 bits per heavy atom. The van der Waals surface area contributed by atoms with Gasteiger partial charge < -0.3 is 4.57 Å². The van der Waals surface area contributed by atoms with Gasteiger partial charge in [-0.3, -0.25) is 4.79 Å². The summed E-state index contributed by atoms with van der Waals surface area (Å²) in [6, 6.07) is 18.5. The zero-order chi connectivity index (χ0) is 20.8. The molecule has 0 unspecified atom stereocenters. The van der Waals surface area contributed by atoms with E-state index in [1.165, 1.54) is 5.56 Å². The lowest BCUT2D eigenvalue weighted by atomic mass is 10.2. The SMILES string of the molecule is Cc1ccc(-n2c(C)c(Br)c(/C=N\NC(=O)CCSc3ccccc3)c2C)cc1. The lowest BCUT2D eigenvalue weighted by Gasteiger charge is -2.09. The maximum atomic E-state index is 12.1. The minimum atomic E-state index is -0.0897. The number of halogens is 1. The van der Waals surface area contributed by atoms with E-state index in [0.29, 0.717) is 6.42 Å². The fourth-order valence-corrected chi connectivity index (χ4v) is 4.50. The minimum Gasteiger partial charge on any atom is -0.317 e. The van der Waals surface area contributed by atoms with E-state index < -0.39 is 0 Å². The number of amides is 1. The summed E-state index contributed by atoms with van der Waals surface area (Å²) < 4.78 is 3.16. The number of nitrogens with one attached hydrogen (secondary N) is 1. The third-order valence-corrected chi connectivity index (χ3v) is 6.65. The van der Waals surface area contributed by atoms with Crippen LogP contribution in [0.25, 0.3) is 5.69 Å². The summed E-state index contributed by atoms with van der Waals surface area (Å²) in [5.41, 5.74) is 8.09. The number of hydrogen-bond acceptors (Lipinski definition) is 3. The van der Waals surface area contributed by atoms with E-state index in [0.717, 1.165) is 37.8 Å². The van der Waals surface area contributed by atoms with Crippen molar-refractivity contribution in [3.8, 4) is 5.69 Å². The van der Waals surface area contributed by atoms with Crippen molar-refractivity contribution in [3.63, 3.8) is 0 Å². The molecule has 1 aromatic heterocycles. The molecule has 2 aromatic carbocycles. The van der Waals surface area contributed by atoms with E-state index >= 15 is 0 Å². The van der Waals surface area contributed by atoms with Crippen LogP contribution in [0.4, 0.5) is 0 Å². The molecule has 150 valence electrons. The molecule has 0 bridgehead atoms. The molecule has 0 saturated carbocycles. The fourth-order valence-electron chi connectivity index (χ4n) is 3.06. The Labute approximate surface area is 184 Å². The summed E-state index contributed by atoms with van der Waals surface area (Å²) in [6.07, 6.45) is 2.12. The number of aryl methyl sites for hydroxylation is 1. The lowest BCUT2D eigenvalue weighted by Crippen LogP contribution is -2.17. The van der Waals surface area contributed by atoms with Crippen LogP contribution in [-0.4, -0.2) is 22.4 Å². The van der Waals surface area contributed by atoms with Crippen LogP contribution in [0.2, 0.25) is 0 Å². The third-order valence-electron chi connectivity index (χ3n) is 4.63. The second kappa shape index (κ2) is 9.94. The molecule has 0 aliphatic rings. The van der Waals surface area contributed by atoms with Crippen molar-refractivity contribution < 1.29 is 4.79 Å². The molecular weight excluding hydrogens is 446 g/mol. The van der Waals surface area contributed by atoms with E-state index in [2.05, 4.69) is 76.1 Å². The quantitative estimate of drug-likeness (QED) is 0.270. The van der Waals surface area contributed by atoms with E-state index in [-0.39, 0.29) is 5.91 Å². The lowest BCUT2D eigenvalue weighted by molar-refractivity contribution is -0.120. The molecule has 0 saturated heterocycles. The number of thioether (sulfide) groups is 1. The van der Waals surface area contributed by atoms with Crippen LogP contribution in [0.1, 0.15) is 28.9 Å². The first kappa shape index (κ1) is 21.4. The third kappa shape index (κ3) is 5.40. The zero-order valence-electron chi connectivity index (χ0n) is 16.8. The monoisotopic (exact) mass is 469 g/mol. The molecule has 1 N–H and O–H groups in total. The molecule has 1 amide bonds. The summed E-state index contributed by atoms with van der Waals surface area (Å²) in [5.74, 6) is 0.630. The molecule has 6 heteroatoms. The van der Waals surface area contributed by atoms with Crippen molar-refractivity contribution in [1.82, 2.24) is 9.99 Å². The van der Waals surface area contributed by atoms with Gasteiger partial charge in [-0.25, -0.2) is 5.43 Å². The predicted molar refractivity (Wildman–Crippen MR) is 125 cm³/mol. The van der Waals surface area contributed by atoms with E-state index in [9.17, 15) is 4.79 Å². The van der Waals surface area contributed by atoms with Gasteiger partial charge in [0.05, 0.1) is 6.21 Å². The Kier molecular flexibility index (Phi) is 7.34. The highest BCUT2D eigenvalue weighted by Gasteiger charge is 2.15. The fraction of sp³-hybridized carbons (Fsp3) is 0.217. The van der Waals surface area contributed by atoms with E-state index in [1.807, 2.05) is 30.3 Å². The van der Waals surface area contributed by atoms with Crippen molar-refractivity contribution in [1.29, 1.82) is 0 Å². The average Bonchev–Trinajstić information content (AvgIpc) is 2.93. The first-order valence-electron chi connectivity index (χ1n) is 9.41.